The summed E-state index contributed by atoms with van der Waals surface area (Å²) in [6.07, 6.45) is 3.58. The van der Waals surface area contributed by atoms with Crippen molar-refractivity contribution in [2.75, 3.05) is 19.7 Å². The number of nitrogens with zero attached hydrogens (tertiary/aromatic N) is 2. The fourth-order valence-electron chi connectivity index (χ4n) is 3.21. The second-order valence-electron chi connectivity index (χ2n) is 6.85. The predicted octanol–water partition coefficient (Wildman–Crippen LogP) is 5.45. The molecular weight excluding hydrogens is 515 g/mol. The molecule has 1 heterocycles. The number of nitriles is 1. The molecule has 0 aliphatic carbocycles. The van der Waals surface area contributed by atoms with E-state index in [0.29, 0.717) is 42.8 Å². The van der Waals surface area contributed by atoms with Crippen molar-refractivity contribution >= 4 is 46.2 Å². The van der Waals surface area contributed by atoms with Crippen molar-refractivity contribution in [1.82, 2.24) is 4.90 Å². The maximum Gasteiger partial charge on any atom is 0.264 e. The average Bonchev–Trinajstić information content (AvgIpc) is 3.27. The summed E-state index contributed by atoms with van der Waals surface area (Å²) in [5.41, 5.74) is 1.85. The molecule has 0 spiro atoms. The molecule has 1 amide bonds. The third-order valence-electron chi connectivity index (χ3n) is 4.68. The van der Waals surface area contributed by atoms with Crippen LogP contribution in [0, 0.1) is 14.9 Å². The van der Waals surface area contributed by atoms with Gasteiger partial charge in [0.1, 0.15) is 18.2 Å². The molecule has 1 aliphatic heterocycles. The number of carbonyl (C=O) groups excluding carboxylic acids is 1. The normalized spacial score (nSPS) is 13.8. The zero-order chi connectivity index (χ0) is 21.5. The standard InChI is InChI=1S/C23H22ClIN2O3/c1-2-29-21-13-17(11-18(14-26)23(28)27-9-3-4-10-27)12-20(25)22(21)30-15-16-5-7-19(24)8-6-16/h5-8,11-13H,2-4,9-10,15H2,1H3/b18-11+. The molecule has 1 aliphatic rings. The van der Waals surface area contributed by atoms with Crippen LogP contribution in [0.15, 0.2) is 42.0 Å². The van der Waals surface area contributed by atoms with Crippen molar-refractivity contribution in [2.45, 2.75) is 26.4 Å². The van der Waals surface area contributed by atoms with Crippen molar-refractivity contribution in [3.63, 3.8) is 0 Å². The largest absolute Gasteiger partial charge is 0.490 e. The molecule has 7 heteroatoms. The van der Waals surface area contributed by atoms with E-state index in [1.165, 1.54) is 0 Å². The van der Waals surface area contributed by atoms with Gasteiger partial charge >= 0.3 is 0 Å². The second kappa shape index (κ2) is 10.7. The topological polar surface area (TPSA) is 62.6 Å². The molecule has 2 aromatic rings. The lowest BCUT2D eigenvalue weighted by atomic mass is 10.1. The van der Waals surface area contributed by atoms with Gasteiger partial charge in [-0.15, -0.1) is 0 Å². The number of halogens is 2. The average molecular weight is 537 g/mol. The molecule has 1 saturated heterocycles. The first-order valence-corrected chi connectivity index (χ1v) is 11.2. The van der Waals surface area contributed by atoms with Crippen LogP contribution in [-0.2, 0) is 11.4 Å². The van der Waals surface area contributed by atoms with E-state index in [1.54, 1.807) is 17.0 Å². The van der Waals surface area contributed by atoms with Crippen LogP contribution in [0.5, 0.6) is 11.5 Å². The summed E-state index contributed by atoms with van der Waals surface area (Å²) >= 11 is 8.12. The molecule has 1 fully saturated rings. The molecule has 0 radical (unpaired) electrons. The van der Waals surface area contributed by atoms with Gasteiger partial charge in [-0.05, 0) is 83.8 Å². The zero-order valence-electron chi connectivity index (χ0n) is 16.7. The number of benzene rings is 2. The smallest absolute Gasteiger partial charge is 0.264 e. The number of amides is 1. The van der Waals surface area contributed by atoms with E-state index in [9.17, 15) is 10.1 Å². The van der Waals surface area contributed by atoms with Crippen LogP contribution >= 0.6 is 34.2 Å². The fourth-order valence-corrected chi connectivity index (χ4v) is 4.12. The minimum absolute atomic E-state index is 0.130. The molecule has 156 valence electrons. The Morgan fingerprint density at radius 2 is 1.93 bits per heavy atom. The Bertz CT molecular complexity index is 977. The van der Waals surface area contributed by atoms with Gasteiger partial charge in [0.05, 0.1) is 10.2 Å². The summed E-state index contributed by atoms with van der Waals surface area (Å²) in [4.78, 5) is 14.3. The van der Waals surface area contributed by atoms with Crippen molar-refractivity contribution in [3.8, 4) is 17.6 Å². The van der Waals surface area contributed by atoms with Crippen LogP contribution in [0.2, 0.25) is 5.02 Å². The quantitative estimate of drug-likeness (QED) is 0.268. The number of carbonyl (C=O) groups is 1. The first-order chi connectivity index (χ1) is 14.5. The Morgan fingerprint density at radius 3 is 2.57 bits per heavy atom. The lowest BCUT2D eigenvalue weighted by Gasteiger charge is -2.16. The van der Waals surface area contributed by atoms with Crippen LogP contribution in [0.1, 0.15) is 30.9 Å². The predicted molar refractivity (Wildman–Crippen MR) is 126 cm³/mol. The minimum atomic E-state index is -0.217. The summed E-state index contributed by atoms with van der Waals surface area (Å²) in [6, 6.07) is 13.2. The Labute approximate surface area is 195 Å². The summed E-state index contributed by atoms with van der Waals surface area (Å²) in [5.74, 6) is 0.996. The van der Waals surface area contributed by atoms with Crippen molar-refractivity contribution < 1.29 is 14.3 Å². The van der Waals surface area contributed by atoms with E-state index in [-0.39, 0.29) is 11.5 Å². The van der Waals surface area contributed by atoms with Crippen LogP contribution in [-0.4, -0.2) is 30.5 Å². The summed E-state index contributed by atoms with van der Waals surface area (Å²) in [5, 5.41) is 10.2. The lowest BCUT2D eigenvalue weighted by Crippen LogP contribution is -2.28. The maximum atomic E-state index is 12.6. The van der Waals surface area contributed by atoms with E-state index >= 15 is 0 Å². The van der Waals surface area contributed by atoms with E-state index in [0.717, 1.165) is 27.5 Å². The fraction of sp³-hybridized carbons (Fsp3) is 0.304. The number of rotatable bonds is 7. The third-order valence-corrected chi connectivity index (χ3v) is 5.74. The summed E-state index contributed by atoms with van der Waals surface area (Å²) in [6.45, 7) is 4.15. The zero-order valence-corrected chi connectivity index (χ0v) is 19.6. The highest BCUT2D eigenvalue weighted by Gasteiger charge is 2.22. The van der Waals surface area contributed by atoms with Crippen molar-refractivity contribution in [2.24, 2.45) is 0 Å². The van der Waals surface area contributed by atoms with Gasteiger partial charge in [0.25, 0.3) is 5.91 Å². The monoisotopic (exact) mass is 536 g/mol. The van der Waals surface area contributed by atoms with Crippen molar-refractivity contribution in [3.05, 3.63) is 61.7 Å². The number of ether oxygens (including phenoxy) is 2. The van der Waals surface area contributed by atoms with Crippen LogP contribution in [0.3, 0.4) is 0 Å². The van der Waals surface area contributed by atoms with Gasteiger partial charge in [-0.2, -0.15) is 5.26 Å². The first-order valence-electron chi connectivity index (χ1n) is 9.76. The molecule has 0 saturated carbocycles. The minimum Gasteiger partial charge on any atom is -0.490 e. The second-order valence-corrected chi connectivity index (χ2v) is 8.45. The molecule has 0 unspecified atom stereocenters. The molecule has 3 rings (SSSR count). The SMILES string of the molecule is CCOc1cc(/C=C(\C#N)C(=O)N2CCCC2)cc(I)c1OCc1ccc(Cl)cc1. The molecule has 30 heavy (non-hydrogen) atoms. The Kier molecular flexibility index (Phi) is 8.00. The van der Waals surface area contributed by atoms with E-state index < -0.39 is 0 Å². The molecule has 5 nitrogen and oxygen atoms in total. The van der Waals surface area contributed by atoms with Crippen LogP contribution in [0.4, 0.5) is 0 Å². The highest BCUT2D eigenvalue weighted by molar-refractivity contribution is 14.1. The van der Waals surface area contributed by atoms with Gasteiger partial charge in [0.15, 0.2) is 11.5 Å². The van der Waals surface area contributed by atoms with Gasteiger partial charge in [0, 0.05) is 18.1 Å². The highest BCUT2D eigenvalue weighted by atomic mass is 127. The van der Waals surface area contributed by atoms with Gasteiger partial charge < -0.3 is 14.4 Å². The van der Waals surface area contributed by atoms with Crippen LogP contribution < -0.4 is 9.47 Å². The number of hydrogen-bond donors (Lipinski definition) is 0. The van der Waals surface area contributed by atoms with E-state index in [1.807, 2.05) is 43.3 Å². The van der Waals surface area contributed by atoms with Gasteiger partial charge in [0.2, 0.25) is 0 Å². The Hall–Kier alpha value is -2.24. The van der Waals surface area contributed by atoms with E-state index in [4.69, 9.17) is 21.1 Å². The Morgan fingerprint density at radius 1 is 1.23 bits per heavy atom. The third kappa shape index (κ3) is 5.67. The van der Waals surface area contributed by atoms with Gasteiger partial charge in [-0.25, -0.2) is 0 Å². The maximum absolute atomic E-state index is 12.6. The summed E-state index contributed by atoms with van der Waals surface area (Å²) < 4.78 is 12.6. The lowest BCUT2D eigenvalue weighted by molar-refractivity contribution is -0.125. The van der Waals surface area contributed by atoms with Gasteiger partial charge in [-0.3, -0.25) is 4.79 Å². The molecule has 0 aromatic heterocycles. The summed E-state index contributed by atoms with van der Waals surface area (Å²) in [7, 11) is 0. The molecule has 2 aromatic carbocycles. The van der Waals surface area contributed by atoms with Gasteiger partial charge in [-0.1, -0.05) is 23.7 Å². The highest BCUT2D eigenvalue weighted by Crippen LogP contribution is 2.35. The molecular formula is C23H22ClIN2O3. The Balaban J connectivity index is 1.85. The number of hydrogen-bond acceptors (Lipinski definition) is 4. The van der Waals surface area contributed by atoms with Crippen LogP contribution in [0.25, 0.3) is 6.08 Å². The molecule has 0 N–H and O–H groups in total. The first kappa shape index (κ1) is 22.4. The van der Waals surface area contributed by atoms with E-state index in [2.05, 4.69) is 22.6 Å². The van der Waals surface area contributed by atoms with Crippen molar-refractivity contribution in [1.29, 1.82) is 5.26 Å². The number of likely N-dealkylation sites (tertiary alicyclic amines) is 1. The molecule has 0 atom stereocenters. The molecule has 0 bridgehead atoms.